The van der Waals surface area contributed by atoms with Crippen LogP contribution in [-0.2, 0) is 9.53 Å². The van der Waals surface area contributed by atoms with Gasteiger partial charge in [-0.3, -0.25) is 4.79 Å². The Hall–Kier alpha value is -0.530. The van der Waals surface area contributed by atoms with E-state index in [9.17, 15) is 4.79 Å². The van der Waals surface area contributed by atoms with Crippen molar-refractivity contribution in [3.05, 3.63) is 0 Å². The third kappa shape index (κ3) is 22.7. The molecule has 0 aromatic carbocycles. The number of esters is 1. The Morgan fingerprint density at radius 1 is 1.17 bits per heavy atom. The molecule has 0 bridgehead atoms. The zero-order valence-electron chi connectivity index (χ0n) is 8.85. The number of carbonyl (C=O) groups excluding carboxylic acids is 1. The van der Waals surface area contributed by atoms with Gasteiger partial charge in [-0.25, -0.2) is 0 Å². The SMILES string of the molecule is CCC.CCCCCOC(C)=O. The van der Waals surface area contributed by atoms with Crippen LogP contribution < -0.4 is 0 Å². The molecule has 2 nitrogen and oxygen atoms in total. The minimum Gasteiger partial charge on any atom is -0.466 e. The predicted octanol–water partition coefficient (Wildman–Crippen LogP) is 3.16. The molecule has 0 amide bonds. The Labute approximate surface area is 76.3 Å². The second kappa shape index (κ2) is 13.1. The van der Waals surface area contributed by atoms with Crippen molar-refractivity contribution in [2.24, 2.45) is 0 Å². The maximum atomic E-state index is 10.2. The van der Waals surface area contributed by atoms with Gasteiger partial charge in [0.05, 0.1) is 6.61 Å². The van der Waals surface area contributed by atoms with Gasteiger partial charge in [-0.15, -0.1) is 0 Å². The van der Waals surface area contributed by atoms with Crippen molar-refractivity contribution in [3.63, 3.8) is 0 Å². The molecule has 0 aromatic heterocycles. The Kier molecular flexibility index (Phi) is 15.3. The van der Waals surface area contributed by atoms with Crippen LogP contribution in [0.5, 0.6) is 0 Å². The van der Waals surface area contributed by atoms with Gasteiger partial charge in [-0.2, -0.15) is 0 Å². The Bertz CT molecular complexity index is 89.8. The quantitative estimate of drug-likeness (QED) is 0.483. The second-order valence-corrected chi connectivity index (χ2v) is 2.75. The number of hydrogen-bond donors (Lipinski definition) is 0. The lowest BCUT2D eigenvalue weighted by Crippen LogP contribution is -1.99. The standard InChI is InChI=1S/C7H14O2.C3H8/c1-3-4-5-6-9-7(2)8;1-3-2/h3-6H2,1-2H3;3H2,1-2H3. The van der Waals surface area contributed by atoms with Crippen LogP contribution in [0.25, 0.3) is 0 Å². The summed E-state index contributed by atoms with van der Waals surface area (Å²) in [4.78, 5) is 10.2. The van der Waals surface area contributed by atoms with E-state index < -0.39 is 0 Å². The van der Waals surface area contributed by atoms with Gasteiger partial charge in [-0.05, 0) is 6.42 Å². The highest BCUT2D eigenvalue weighted by Gasteiger charge is 1.89. The number of ether oxygens (including phenoxy) is 1. The average molecular weight is 174 g/mol. The molecule has 0 spiro atoms. The summed E-state index contributed by atoms with van der Waals surface area (Å²) >= 11 is 0. The lowest BCUT2D eigenvalue weighted by Gasteiger charge is -1.98. The molecule has 0 aromatic rings. The van der Waals surface area contributed by atoms with Crippen LogP contribution in [0, 0.1) is 0 Å². The van der Waals surface area contributed by atoms with E-state index in [4.69, 9.17) is 4.74 Å². The molecule has 0 fully saturated rings. The Morgan fingerprint density at radius 3 is 2.00 bits per heavy atom. The van der Waals surface area contributed by atoms with Crippen molar-refractivity contribution < 1.29 is 9.53 Å². The first-order chi connectivity index (χ1) is 5.68. The van der Waals surface area contributed by atoms with Crippen LogP contribution in [0.15, 0.2) is 0 Å². The molecular weight excluding hydrogens is 152 g/mol. The highest BCUT2D eigenvalue weighted by Crippen LogP contribution is 1.93. The fourth-order valence-electron chi connectivity index (χ4n) is 0.568. The first-order valence-corrected chi connectivity index (χ1v) is 4.82. The normalized spacial score (nSPS) is 8.33. The van der Waals surface area contributed by atoms with Gasteiger partial charge in [0.2, 0.25) is 0 Å². The van der Waals surface area contributed by atoms with E-state index in [-0.39, 0.29) is 5.97 Å². The molecule has 0 aliphatic rings. The summed E-state index contributed by atoms with van der Waals surface area (Å²) in [6, 6.07) is 0. The third-order valence-electron chi connectivity index (χ3n) is 1.05. The third-order valence-corrected chi connectivity index (χ3v) is 1.05. The Balaban J connectivity index is 0. The monoisotopic (exact) mass is 174 g/mol. The van der Waals surface area contributed by atoms with E-state index in [1.807, 2.05) is 0 Å². The molecule has 0 unspecified atom stereocenters. The summed E-state index contributed by atoms with van der Waals surface area (Å²) < 4.78 is 4.70. The van der Waals surface area contributed by atoms with E-state index in [0.29, 0.717) is 6.61 Å². The van der Waals surface area contributed by atoms with Gasteiger partial charge in [0, 0.05) is 6.92 Å². The van der Waals surface area contributed by atoms with Gasteiger partial charge in [0.1, 0.15) is 0 Å². The summed E-state index contributed by atoms with van der Waals surface area (Å²) in [7, 11) is 0. The zero-order chi connectivity index (χ0) is 9.82. The number of rotatable bonds is 4. The molecule has 74 valence electrons. The molecule has 0 heterocycles. The van der Waals surface area contributed by atoms with Crippen molar-refractivity contribution in [3.8, 4) is 0 Å². The molecule has 12 heavy (non-hydrogen) atoms. The summed E-state index contributed by atoms with van der Waals surface area (Å²) in [6.07, 6.45) is 4.56. The van der Waals surface area contributed by atoms with Crippen molar-refractivity contribution in [1.82, 2.24) is 0 Å². The number of unbranched alkanes of at least 4 members (excludes halogenated alkanes) is 2. The largest absolute Gasteiger partial charge is 0.466 e. The van der Waals surface area contributed by atoms with Crippen LogP contribution in [0.2, 0.25) is 0 Å². The van der Waals surface area contributed by atoms with Crippen molar-refractivity contribution in [2.75, 3.05) is 6.61 Å². The zero-order valence-corrected chi connectivity index (χ0v) is 8.85. The minimum atomic E-state index is -0.175. The summed E-state index contributed by atoms with van der Waals surface area (Å²) in [5.74, 6) is -0.175. The second-order valence-electron chi connectivity index (χ2n) is 2.75. The first-order valence-electron chi connectivity index (χ1n) is 4.82. The topological polar surface area (TPSA) is 26.3 Å². The van der Waals surface area contributed by atoms with Gasteiger partial charge in [-0.1, -0.05) is 40.0 Å². The molecule has 2 heteroatoms. The number of hydrogen-bond acceptors (Lipinski definition) is 2. The van der Waals surface area contributed by atoms with Gasteiger partial charge in [0.15, 0.2) is 0 Å². The van der Waals surface area contributed by atoms with Crippen molar-refractivity contribution >= 4 is 5.97 Å². The molecular formula is C10H22O2. The van der Waals surface area contributed by atoms with Gasteiger partial charge >= 0.3 is 5.97 Å². The fraction of sp³-hybridized carbons (Fsp3) is 0.900. The minimum absolute atomic E-state index is 0.175. The highest BCUT2D eigenvalue weighted by atomic mass is 16.5. The lowest BCUT2D eigenvalue weighted by molar-refractivity contribution is -0.141. The molecule has 0 saturated carbocycles. The molecule has 0 N–H and O–H groups in total. The van der Waals surface area contributed by atoms with Crippen LogP contribution in [-0.4, -0.2) is 12.6 Å². The molecule has 0 aliphatic heterocycles. The smallest absolute Gasteiger partial charge is 0.302 e. The highest BCUT2D eigenvalue weighted by molar-refractivity contribution is 5.65. The van der Waals surface area contributed by atoms with E-state index in [1.165, 1.54) is 19.8 Å². The maximum Gasteiger partial charge on any atom is 0.302 e. The van der Waals surface area contributed by atoms with E-state index >= 15 is 0 Å². The first kappa shape index (κ1) is 14.0. The van der Waals surface area contributed by atoms with E-state index in [0.717, 1.165) is 12.8 Å². The van der Waals surface area contributed by atoms with Crippen LogP contribution in [0.1, 0.15) is 53.4 Å². The maximum absolute atomic E-state index is 10.2. The van der Waals surface area contributed by atoms with Gasteiger partial charge in [0.25, 0.3) is 0 Å². The van der Waals surface area contributed by atoms with Crippen LogP contribution in [0.4, 0.5) is 0 Å². The Morgan fingerprint density at radius 2 is 1.67 bits per heavy atom. The van der Waals surface area contributed by atoms with Gasteiger partial charge < -0.3 is 4.74 Å². The fourth-order valence-corrected chi connectivity index (χ4v) is 0.568. The molecule has 0 radical (unpaired) electrons. The van der Waals surface area contributed by atoms with Crippen LogP contribution in [0.3, 0.4) is 0 Å². The lowest BCUT2D eigenvalue weighted by atomic mass is 10.3. The average Bonchev–Trinajstić information content (AvgIpc) is 1.99. The van der Waals surface area contributed by atoms with Crippen molar-refractivity contribution in [2.45, 2.75) is 53.4 Å². The summed E-state index contributed by atoms with van der Waals surface area (Å²) in [5.41, 5.74) is 0. The van der Waals surface area contributed by atoms with Crippen molar-refractivity contribution in [1.29, 1.82) is 0 Å². The van der Waals surface area contributed by atoms with E-state index in [1.54, 1.807) is 0 Å². The molecule has 0 aliphatic carbocycles. The summed E-state index contributed by atoms with van der Waals surface area (Å²) in [5, 5.41) is 0. The van der Waals surface area contributed by atoms with Crippen LogP contribution >= 0.6 is 0 Å². The molecule has 0 atom stereocenters. The van der Waals surface area contributed by atoms with E-state index in [2.05, 4.69) is 20.8 Å². The summed E-state index contributed by atoms with van der Waals surface area (Å²) in [6.45, 7) is 8.39. The number of carbonyl (C=O) groups is 1. The molecule has 0 rings (SSSR count). The predicted molar refractivity (Wildman–Crippen MR) is 52.1 cm³/mol. The molecule has 0 saturated heterocycles.